The van der Waals surface area contributed by atoms with Crippen LogP contribution in [0.25, 0.3) is 0 Å². The number of hydrogen-bond acceptors (Lipinski definition) is 6. The minimum absolute atomic E-state index is 0.139. The van der Waals surface area contributed by atoms with E-state index in [2.05, 4.69) is 9.36 Å². The van der Waals surface area contributed by atoms with E-state index >= 15 is 0 Å². The molecule has 6 nitrogen and oxygen atoms in total. The van der Waals surface area contributed by atoms with Crippen LogP contribution in [-0.4, -0.2) is 45.8 Å². The zero-order valence-corrected chi connectivity index (χ0v) is 11.9. The summed E-state index contributed by atoms with van der Waals surface area (Å²) in [5.41, 5.74) is 0. The highest BCUT2D eigenvalue weighted by Crippen LogP contribution is 2.20. The first kappa shape index (κ1) is 13.9. The van der Waals surface area contributed by atoms with Crippen LogP contribution in [0, 0.1) is 12.8 Å². The zero-order chi connectivity index (χ0) is 13.8. The van der Waals surface area contributed by atoms with E-state index in [1.54, 1.807) is 18.7 Å². The molecule has 1 aromatic rings. The lowest BCUT2D eigenvalue weighted by atomic mass is 9.98. The third-order valence-electron chi connectivity index (χ3n) is 3.04. The number of ether oxygens (including phenoxy) is 1. The largest absolute Gasteiger partial charge is 0.466 e. The molecule has 1 aliphatic rings. The molecular weight excluding hydrogens is 266 g/mol. The van der Waals surface area contributed by atoms with Gasteiger partial charge in [-0.05, 0) is 38.2 Å². The highest BCUT2D eigenvalue weighted by Gasteiger charge is 2.30. The van der Waals surface area contributed by atoms with Gasteiger partial charge in [0, 0.05) is 13.1 Å². The Morgan fingerprint density at radius 3 is 2.95 bits per heavy atom. The van der Waals surface area contributed by atoms with E-state index in [1.807, 2.05) is 0 Å². The molecule has 2 heterocycles. The topological polar surface area (TPSA) is 72.4 Å². The van der Waals surface area contributed by atoms with Crippen molar-refractivity contribution in [2.75, 3.05) is 19.7 Å². The molecule has 0 aliphatic carbocycles. The van der Waals surface area contributed by atoms with Crippen molar-refractivity contribution in [1.82, 2.24) is 14.3 Å². The van der Waals surface area contributed by atoms with E-state index in [9.17, 15) is 9.59 Å². The number of hydrogen-bond donors (Lipinski definition) is 0. The molecule has 1 fully saturated rings. The summed E-state index contributed by atoms with van der Waals surface area (Å²) in [4.78, 5) is 29.7. The predicted octanol–water partition coefficient (Wildman–Crippen LogP) is 1.26. The van der Waals surface area contributed by atoms with Crippen molar-refractivity contribution in [2.45, 2.75) is 26.7 Å². The molecule has 1 atom stereocenters. The Morgan fingerprint density at radius 1 is 1.53 bits per heavy atom. The van der Waals surface area contributed by atoms with Gasteiger partial charge >= 0.3 is 5.97 Å². The SMILES string of the molecule is CCOC(=O)[C@@H]1CCCN(C(=O)c2nc(C)ns2)C1. The molecule has 7 heteroatoms. The number of carbonyl (C=O) groups excluding carboxylic acids is 2. The molecule has 1 saturated heterocycles. The van der Waals surface area contributed by atoms with Crippen LogP contribution in [0.15, 0.2) is 0 Å². The van der Waals surface area contributed by atoms with E-state index in [0.717, 1.165) is 24.4 Å². The average molecular weight is 283 g/mol. The van der Waals surface area contributed by atoms with Crippen molar-refractivity contribution in [3.05, 3.63) is 10.8 Å². The lowest BCUT2D eigenvalue weighted by molar-refractivity contribution is -0.149. The first-order valence-corrected chi connectivity index (χ1v) is 7.15. The number of likely N-dealkylation sites (tertiary alicyclic amines) is 1. The summed E-state index contributed by atoms with van der Waals surface area (Å²) in [6.07, 6.45) is 1.59. The highest BCUT2D eigenvalue weighted by molar-refractivity contribution is 7.07. The minimum atomic E-state index is -0.216. The van der Waals surface area contributed by atoms with E-state index in [0.29, 0.717) is 30.5 Å². The van der Waals surface area contributed by atoms with Gasteiger partial charge in [0.1, 0.15) is 5.82 Å². The molecule has 0 N–H and O–H groups in total. The summed E-state index contributed by atoms with van der Waals surface area (Å²) in [6.45, 7) is 4.99. The highest BCUT2D eigenvalue weighted by atomic mass is 32.1. The van der Waals surface area contributed by atoms with Gasteiger partial charge in [-0.1, -0.05) is 0 Å². The number of aryl methyl sites for hydroxylation is 1. The number of carbonyl (C=O) groups is 2. The van der Waals surface area contributed by atoms with Crippen LogP contribution in [0.3, 0.4) is 0 Å². The van der Waals surface area contributed by atoms with E-state index < -0.39 is 0 Å². The van der Waals surface area contributed by atoms with Crippen molar-refractivity contribution in [3.8, 4) is 0 Å². The summed E-state index contributed by atoms with van der Waals surface area (Å²) in [5, 5.41) is 0.391. The monoisotopic (exact) mass is 283 g/mol. The zero-order valence-electron chi connectivity index (χ0n) is 11.1. The average Bonchev–Trinajstić information content (AvgIpc) is 2.85. The van der Waals surface area contributed by atoms with Crippen LogP contribution in [0.2, 0.25) is 0 Å². The molecule has 0 radical (unpaired) electrons. The minimum Gasteiger partial charge on any atom is -0.466 e. The van der Waals surface area contributed by atoms with Crippen LogP contribution in [-0.2, 0) is 9.53 Å². The summed E-state index contributed by atoms with van der Waals surface area (Å²) < 4.78 is 9.02. The first-order valence-electron chi connectivity index (χ1n) is 6.38. The summed E-state index contributed by atoms with van der Waals surface area (Å²) >= 11 is 1.10. The smallest absolute Gasteiger partial charge is 0.310 e. The molecule has 0 aromatic carbocycles. The number of piperidine rings is 1. The first-order chi connectivity index (χ1) is 9.11. The number of amides is 1. The van der Waals surface area contributed by atoms with Crippen molar-refractivity contribution in [2.24, 2.45) is 5.92 Å². The van der Waals surface area contributed by atoms with E-state index in [1.165, 1.54) is 0 Å². The molecule has 19 heavy (non-hydrogen) atoms. The fourth-order valence-corrected chi connectivity index (χ4v) is 2.77. The third-order valence-corrected chi connectivity index (χ3v) is 3.83. The van der Waals surface area contributed by atoms with Gasteiger partial charge in [-0.3, -0.25) is 9.59 Å². The second kappa shape index (κ2) is 6.10. The van der Waals surface area contributed by atoms with Gasteiger partial charge in [-0.25, -0.2) is 4.98 Å². The lowest BCUT2D eigenvalue weighted by Crippen LogP contribution is -2.42. The fraction of sp³-hybridized carbons (Fsp3) is 0.667. The molecule has 2 rings (SSSR count). The maximum atomic E-state index is 12.2. The Balaban J connectivity index is 2.01. The van der Waals surface area contributed by atoms with Crippen molar-refractivity contribution in [3.63, 3.8) is 0 Å². The van der Waals surface area contributed by atoms with Crippen LogP contribution in [0.5, 0.6) is 0 Å². The lowest BCUT2D eigenvalue weighted by Gasteiger charge is -2.30. The van der Waals surface area contributed by atoms with E-state index in [-0.39, 0.29) is 17.8 Å². The van der Waals surface area contributed by atoms with Crippen LogP contribution < -0.4 is 0 Å². The van der Waals surface area contributed by atoms with E-state index in [4.69, 9.17) is 4.74 Å². The van der Waals surface area contributed by atoms with Crippen LogP contribution in [0.4, 0.5) is 0 Å². The Kier molecular flexibility index (Phi) is 4.47. The van der Waals surface area contributed by atoms with Gasteiger partial charge in [-0.2, -0.15) is 4.37 Å². The van der Waals surface area contributed by atoms with Gasteiger partial charge in [0.2, 0.25) is 5.01 Å². The third kappa shape index (κ3) is 3.28. The van der Waals surface area contributed by atoms with Gasteiger partial charge in [0.25, 0.3) is 5.91 Å². The number of esters is 1. The van der Waals surface area contributed by atoms with Gasteiger partial charge in [0.05, 0.1) is 12.5 Å². The molecule has 0 unspecified atom stereocenters. The van der Waals surface area contributed by atoms with Crippen molar-refractivity contribution < 1.29 is 14.3 Å². The number of nitrogens with zero attached hydrogens (tertiary/aromatic N) is 3. The summed E-state index contributed by atoms with van der Waals surface area (Å²) in [5.74, 6) is 0.0343. The predicted molar refractivity (Wildman–Crippen MR) is 69.9 cm³/mol. The Morgan fingerprint density at radius 2 is 2.32 bits per heavy atom. The Labute approximate surface area is 115 Å². The van der Waals surface area contributed by atoms with Gasteiger partial charge in [0.15, 0.2) is 0 Å². The molecule has 1 aromatic heterocycles. The fourth-order valence-electron chi connectivity index (χ4n) is 2.13. The summed E-state index contributed by atoms with van der Waals surface area (Å²) in [7, 11) is 0. The molecule has 0 saturated carbocycles. The van der Waals surface area contributed by atoms with Crippen LogP contribution in [0.1, 0.15) is 35.4 Å². The molecule has 104 valence electrons. The standard InChI is InChI=1S/C12H17N3O3S/c1-3-18-12(17)9-5-4-6-15(7-9)11(16)10-13-8(2)14-19-10/h9H,3-7H2,1-2H3/t9-/m1/s1. The normalized spacial score (nSPS) is 19.3. The Bertz CT molecular complexity index is 475. The maximum Gasteiger partial charge on any atom is 0.310 e. The molecule has 0 spiro atoms. The van der Waals surface area contributed by atoms with Crippen molar-refractivity contribution >= 4 is 23.4 Å². The van der Waals surface area contributed by atoms with Gasteiger partial charge in [-0.15, -0.1) is 0 Å². The van der Waals surface area contributed by atoms with Gasteiger partial charge < -0.3 is 9.64 Å². The molecule has 1 amide bonds. The number of rotatable bonds is 3. The number of aromatic nitrogens is 2. The molecule has 1 aliphatic heterocycles. The molecule has 0 bridgehead atoms. The van der Waals surface area contributed by atoms with Crippen molar-refractivity contribution in [1.29, 1.82) is 0 Å². The maximum absolute atomic E-state index is 12.2. The molecular formula is C12H17N3O3S. The van der Waals surface area contributed by atoms with Crippen LogP contribution >= 0.6 is 11.5 Å². The Hall–Kier alpha value is -1.50. The second-order valence-electron chi connectivity index (χ2n) is 4.49. The summed E-state index contributed by atoms with van der Waals surface area (Å²) in [6, 6.07) is 0. The second-order valence-corrected chi connectivity index (χ2v) is 5.24. The quantitative estimate of drug-likeness (QED) is 0.781.